The molecule has 0 radical (unpaired) electrons. The van der Waals surface area contributed by atoms with Crippen molar-refractivity contribution in [1.29, 1.82) is 0 Å². The molecule has 1 aromatic heterocycles. The lowest BCUT2D eigenvalue weighted by molar-refractivity contribution is 0.149. The molecule has 2 atom stereocenters. The zero-order valence-electron chi connectivity index (χ0n) is 12.5. The molecule has 1 aromatic carbocycles. The van der Waals surface area contributed by atoms with E-state index >= 15 is 0 Å². The van der Waals surface area contributed by atoms with Crippen molar-refractivity contribution < 1.29 is 9.05 Å². The molecule has 4 nitrogen and oxygen atoms in total. The second-order valence-electron chi connectivity index (χ2n) is 5.41. The van der Waals surface area contributed by atoms with Crippen LogP contribution in [-0.4, -0.2) is 21.5 Å². The SMILES string of the molecule is CCC(C)OP(OC1Cc2ccccc2C1)n1ccnc1. The van der Waals surface area contributed by atoms with Gasteiger partial charge in [-0.05, 0) is 37.3 Å². The zero-order valence-corrected chi connectivity index (χ0v) is 13.4. The van der Waals surface area contributed by atoms with Crippen LogP contribution in [0.3, 0.4) is 0 Å². The Labute approximate surface area is 127 Å². The molecule has 3 rings (SSSR count). The summed E-state index contributed by atoms with van der Waals surface area (Å²) >= 11 is 0. The van der Waals surface area contributed by atoms with Crippen LogP contribution in [0.4, 0.5) is 0 Å². The van der Waals surface area contributed by atoms with Gasteiger partial charge >= 0.3 is 0 Å². The molecule has 0 saturated heterocycles. The normalized spacial score (nSPS) is 17.6. The molecule has 0 fully saturated rings. The van der Waals surface area contributed by atoms with E-state index in [2.05, 4.69) is 43.1 Å². The predicted octanol–water partition coefficient (Wildman–Crippen LogP) is 3.96. The number of rotatable bonds is 6. The number of aromatic nitrogens is 2. The highest BCUT2D eigenvalue weighted by molar-refractivity contribution is 7.45. The number of fused-ring (bicyclic) bond motifs is 1. The third-order valence-corrected chi connectivity index (χ3v) is 5.41. The number of hydrogen-bond donors (Lipinski definition) is 0. The Morgan fingerprint density at radius 3 is 2.62 bits per heavy atom. The molecule has 0 amide bonds. The zero-order chi connectivity index (χ0) is 14.7. The minimum atomic E-state index is -1.12. The van der Waals surface area contributed by atoms with Crippen molar-refractivity contribution >= 4 is 8.53 Å². The van der Waals surface area contributed by atoms with Crippen LogP contribution in [0.2, 0.25) is 0 Å². The fraction of sp³-hybridized carbons (Fsp3) is 0.438. The monoisotopic (exact) mass is 304 g/mol. The Balaban J connectivity index is 1.68. The second kappa shape index (κ2) is 6.69. The van der Waals surface area contributed by atoms with E-state index in [0.717, 1.165) is 19.3 Å². The van der Waals surface area contributed by atoms with Crippen LogP contribution in [0.5, 0.6) is 0 Å². The van der Waals surface area contributed by atoms with Crippen LogP contribution in [0.25, 0.3) is 0 Å². The first kappa shape index (κ1) is 14.7. The van der Waals surface area contributed by atoms with Crippen molar-refractivity contribution in [2.75, 3.05) is 0 Å². The van der Waals surface area contributed by atoms with Gasteiger partial charge in [-0.2, -0.15) is 0 Å². The Bertz CT molecular complexity index is 548. The summed E-state index contributed by atoms with van der Waals surface area (Å²) < 4.78 is 14.3. The Morgan fingerprint density at radius 1 is 1.33 bits per heavy atom. The Morgan fingerprint density at radius 2 is 2.05 bits per heavy atom. The average Bonchev–Trinajstić information content (AvgIpc) is 3.15. The lowest BCUT2D eigenvalue weighted by Crippen LogP contribution is -2.15. The quantitative estimate of drug-likeness (QED) is 0.758. The molecular weight excluding hydrogens is 283 g/mol. The molecular formula is C16H21N2O2P. The van der Waals surface area contributed by atoms with Gasteiger partial charge < -0.3 is 9.05 Å². The molecule has 5 heteroatoms. The van der Waals surface area contributed by atoms with Crippen molar-refractivity contribution in [2.24, 2.45) is 0 Å². The number of benzene rings is 1. The first-order chi connectivity index (χ1) is 10.3. The van der Waals surface area contributed by atoms with Crippen LogP contribution in [0.15, 0.2) is 43.0 Å². The van der Waals surface area contributed by atoms with Gasteiger partial charge in [0.2, 0.25) is 0 Å². The third-order valence-electron chi connectivity index (χ3n) is 3.78. The summed E-state index contributed by atoms with van der Waals surface area (Å²) in [5, 5.41) is 0. The van der Waals surface area contributed by atoms with E-state index in [-0.39, 0.29) is 12.2 Å². The van der Waals surface area contributed by atoms with Gasteiger partial charge in [-0.15, -0.1) is 0 Å². The van der Waals surface area contributed by atoms with Crippen molar-refractivity contribution in [3.8, 4) is 0 Å². The first-order valence-corrected chi connectivity index (χ1v) is 8.58. The molecule has 0 saturated carbocycles. The highest BCUT2D eigenvalue weighted by atomic mass is 31.2. The van der Waals surface area contributed by atoms with E-state index in [0.29, 0.717) is 0 Å². The summed E-state index contributed by atoms with van der Waals surface area (Å²) in [5.41, 5.74) is 2.79. The largest absolute Gasteiger partial charge is 0.314 e. The van der Waals surface area contributed by atoms with E-state index in [9.17, 15) is 0 Å². The van der Waals surface area contributed by atoms with Crippen LogP contribution in [-0.2, 0) is 21.9 Å². The van der Waals surface area contributed by atoms with Crippen molar-refractivity contribution in [3.05, 3.63) is 54.1 Å². The molecule has 1 heterocycles. The summed E-state index contributed by atoms with van der Waals surface area (Å²) in [6, 6.07) is 8.56. The van der Waals surface area contributed by atoms with E-state index < -0.39 is 8.53 Å². The summed E-state index contributed by atoms with van der Waals surface area (Å²) in [6.07, 6.45) is 8.74. The van der Waals surface area contributed by atoms with Gasteiger partial charge in [0.1, 0.15) is 6.33 Å². The number of hydrogen-bond acceptors (Lipinski definition) is 3. The van der Waals surface area contributed by atoms with Crippen LogP contribution < -0.4 is 0 Å². The predicted molar refractivity (Wildman–Crippen MR) is 84.1 cm³/mol. The highest BCUT2D eigenvalue weighted by Crippen LogP contribution is 2.44. The Kier molecular flexibility index (Phi) is 4.69. The molecule has 112 valence electrons. The number of nitrogens with zero attached hydrogens (tertiary/aromatic N) is 2. The molecule has 1 aliphatic rings. The van der Waals surface area contributed by atoms with E-state index in [1.54, 1.807) is 12.5 Å². The standard InChI is InChI=1S/C16H21N2O2P/c1-3-13(2)19-21(18-9-8-17-12-18)20-16-10-14-6-4-5-7-15(14)11-16/h4-9,12-13,16H,3,10-11H2,1-2H3. The minimum absolute atomic E-state index is 0.183. The molecule has 0 aliphatic heterocycles. The maximum Gasteiger partial charge on any atom is 0.295 e. The maximum atomic E-state index is 6.28. The summed E-state index contributed by atoms with van der Waals surface area (Å²) in [4.78, 5) is 4.11. The van der Waals surface area contributed by atoms with Crippen LogP contribution >= 0.6 is 8.53 Å². The third kappa shape index (κ3) is 3.52. The van der Waals surface area contributed by atoms with Gasteiger partial charge in [0.25, 0.3) is 8.53 Å². The molecule has 2 aromatic rings. The van der Waals surface area contributed by atoms with Gasteiger partial charge in [-0.25, -0.2) is 4.98 Å². The van der Waals surface area contributed by atoms with Crippen molar-refractivity contribution in [1.82, 2.24) is 9.32 Å². The molecule has 1 aliphatic carbocycles. The van der Waals surface area contributed by atoms with Crippen LogP contribution in [0, 0.1) is 0 Å². The maximum absolute atomic E-state index is 6.28. The van der Waals surface area contributed by atoms with Gasteiger partial charge in [0.15, 0.2) is 0 Å². The topological polar surface area (TPSA) is 36.3 Å². The van der Waals surface area contributed by atoms with Gasteiger partial charge in [0, 0.05) is 12.4 Å². The van der Waals surface area contributed by atoms with Gasteiger partial charge in [0.05, 0.1) is 12.2 Å². The molecule has 0 spiro atoms. The molecule has 0 N–H and O–H groups in total. The first-order valence-electron chi connectivity index (χ1n) is 7.45. The van der Waals surface area contributed by atoms with E-state index in [1.807, 2.05) is 10.5 Å². The van der Waals surface area contributed by atoms with E-state index in [1.165, 1.54) is 11.1 Å². The molecule has 21 heavy (non-hydrogen) atoms. The Hall–Kier alpha value is -1.22. The lowest BCUT2D eigenvalue weighted by Gasteiger charge is -2.24. The van der Waals surface area contributed by atoms with E-state index in [4.69, 9.17) is 9.05 Å². The van der Waals surface area contributed by atoms with Crippen molar-refractivity contribution in [2.45, 2.75) is 45.3 Å². The van der Waals surface area contributed by atoms with Gasteiger partial charge in [-0.1, -0.05) is 31.2 Å². The number of imidazole rings is 1. The highest BCUT2D eigenvalue weighted by Gasteiger charge is 2.27. The summed E-state index contributed by atoms with van der Waals surface area (Å²) in [6.45, 7) is 4.20. The fourth-order valence-electron chi connectivity index (χ4n) is 2.43. The smallest absolute Gasteiger partial charge is 0.295 e. The molecule has 2 unspecified atom stereocenters. The fourth-order valence-corrected chi connectivity index (χ4v) is 3.87. The van der Waals surface area contributed by atoms with Crippen LogP contribution in [0.1, 0.15) is 31.4 Å². The summed E-state index contributed by atoms with van der Waals surface area (Å²) in [7, 11) is -1.12. The minimum Gasteiger partial charge on any atom is -0.314 e. The second-order valence-corrected chi connectivity index (χ2v) is 6.77. The lowest BCUT2D eigenvalue weighted by atomic mass is 10.1. The van der Waals surface area contributed by atoms with Gasteiger partial charge in [-0.3, -0.25) is 4.34 Å². The average molecular weight is 304 g/mol. The van der Waals surface area contributed by atoms with Crippen molar-refractivity contribution in [3.63, 3.8) is 0 Å². The summed E-state index contributed by atoms with van der Waals surface area (Å²) in [5.74, 6) is 0. The molecule has 0 bridgehead atoms.